The molecule has 2 aliphatic rings. The lowest BCUT2D eigenvalue weighted by Crippen LogP contribution is -2.45. The first-order chi connectivity index (χ1) is 10.7. The molecule has 1 aromatic carbocycles. The van der Waals surface area contributed by atoms with Gasteiger partial charge in [0, 0.05) is 30.7 Å². The van der Waals surface area contributed by atoms with Crippen molar-refractivity contribution in [2.75, 3.05) is 56.2 Å². The number of amides is 1. The molecular formula is C15H20BrN3O3. The minimum Gasteiger partial charge on any atom is -0.378 e. The molecule has 2 fully saturated rings. The van der Waals surface area contributed by atoms with E-state index >= 15 is 0 Å². The number of morpholine rings is 2. The van der Waals surface area contributed by atoms with Gasteiger partial charge in [0.05, 0.1) is 31.2 Å². The second-order valence-electron chi connectivity index (χ2n) is 5.31. The maximum atomic E-state index is 12.4. The number of rotatable bonds is 3. The van der Waals surface area contributed by atoms with Gasteiger partial charge in [-0.25, -0.2) is 0 Å². The Bertz CT molecular complexity index is 529. The summed E-state index contributed by atoms with van der Waals surface area (Å²) in [5, 5.41) is 6.17. The van der Waals surface area contributed by atoms with E-state index in [1.54, 1.807) is 0 Å². The molecule has 1 aromatic rings. The van der Waals surface area contributed by atoms with Crippen LogP contribution in [0.5, 0.6) is 0 Å². The highest BCUT2D eigenvalue weighted by Crippen LogP contribution is 2.30. The van der Waals surface area contributed by atoms with E-state index in [9.17, 15) is 4.79 Å². The summed E-state index contributed by atoms with van der Waals surface area (Å²) in [6.07, 6.45) is -0.440. The summed E-state index contributed by atoms with van der Waals surface area (Å²) in [5.74, 6) is -0.111. The van der Waals surface area contributed by atoms with Gasteiger partial charge >= 0.3 is 0 Å². The van der Waals surface area contributed by atoms with Gasteiger partial charge in [-0.05, 0) is 18.2 Å². The number of carbonyl (C=O) groups is 1. The van der Waals surface area contributed by atoms with Crippen LogP contribution in [0.4, 0.5) is 11.4 Å². The molecule has 2 aliphatic heterocycles. The van der Waals surface area contributed by atoms with Crippen molar-refractivity contribution >= 4 is 33.2 Å². The molecule has 0 radical (unpaired) electrons. The average Bonchev–Trinajstić information content (AvgIpc) is 2.56. The third-order valence-corrected chi connectivity index (χ3v) is 4.28. The van der Waals surface area contributed by atoms with E-state index in [-0.39, 0.29) is 5.91 Å². The number of nitrogens with zero attached hydrogens (tertiary/aromatic N) is 1. The fraction of sp³-hybridized carbons (Fsp3) is 0.533. The molecule has 2 N–H and O–H groups in total. The highest BCUT2D eigenvalue weighted by atomic mass is 79.9. The van der Waals surface area contributed by atoms with Crippen molar-refractivity contribution in [2.45, 2.75) is 6.10 Å². The zero-order valence-corrected chi connectivity index (χ0v) is 13.9. The summed E-state index contributed by atoms with van der Waals surface area (Å²) in [7, 11) is 0. The smallest absolute Gasteiger partial charge is 0.254 e. The van der Waals surface area contributed by atoms with Gasteiger partial charge in [-0.3, -0.25) is 4.79 Å². The highest BCUT2D eigenvalue weighted by Gasteiger charge is 2.23. The zero-order valence-electron chi connectivity index (χ0n) is 12.3. The van der Waals surface area contributed by atoms with Gasteiger partial charge in [-0.1, -0.05) is 15.9 Å². The van der Waals surface area contributed by atoms with Crippen molar-refractivity contribution in [3.8, 4) is 0 Å². The van der Waals surface area contributed by atoms with Crippen molar-refractivity contribution < 1.29 is 14.3 Å². The molecule has 0 bridgehead atoms. The maximum absolute atomic E-state index is 12.4. The Morgan fingerprint density at radius 1 is 1.32 bits per heavy atom. The second kappa shape index (κ2) is 7.41. The molecule has 120 valence electrons. The second-order valence-corrected chi connectivity index (χ2v) is 6.23. The average molecular weight is 370 g/mol. The van der Waals surface area contributed by atoms with Crippen LogP contribution in [-0.2, 0) is 14.3 Å². The quantitative estimate of drug-likeness (QED) is 0.838. The summed E-state index contributed by atoms with van der Waals surface area (Å²) >= 11 is 3.47. The predicted molar refractivity (Wildman–Crippen MR) is 88.4 cm³/mol. The molecule has 0 aromatic heterocycles. The van der Waals surface area contributed by atoms with Crippen molar-refractivity contribution in [2.24, 2.45) is 0 Å². The van der Waals surface area contributed by atoms with Gasteiger partial charge in [-0.2, -0.15) is 0 Å². The Hall–Kier alpha value is -1.15. The van der Waals surface area contributed by atoms with Crippen LogP contribution in [0.25, 0.3) is 0 Å². The number of benzene rings is 1. The first-order valence-electron chi connectivity index (χ1n) is 7.49. The summed E-state index contributed by atoms with van der Waals surface area (Å²) < 4.78 is 11.8. The predicted octanol–water partition coefficient (Wildman–Crippen LogP) is 1.21. The van der Waals surface area contributed by atoms with Crippen LogP contribution in [0.1, 0.15) is 0 Å². The Balaban J connectivity index is 1.76. The van der Waals surface area contributed by atoms with E-state index in [0.717, 1.165) is 35.5 Å². The monoisotopic (exact) mass is 369 g/mol. The van der Waals surface area contributed by atoms with E-state index in [1.807, 2.05) is 18.2 Å². The largest absolute Gasteiger partial charge is 0.378 e. The summed E-state index contributed by atoms with van der Waals surface area (Å²) in [4.78, 5) is 14.6. The number of ether oxygens (including phenoxy) is 2. The third kappa shape index (κ3) is 3.78. The van der Waals surface area contributed by atoms with Gasteiger partial charge in [0.1, 0.15) is 6.10 Å². The number of anilines is 2. The Labute approximate surface area is 138 Å². The molecule has 1 unspecified atom stereocenters. The van der Waals surface area contributed by atoms with Crippen LogP contribution in [0.3, 0.4) is 0 Å². The lowest BCUT2D eigenvalue weighted by molar-refractivity contribution is -0.128. The lowest BCUT2D eigenvalue weighted by atomic mass is 10.2. The number of halogens is 1. The number of nitrogens with one attached hydrogen (secondary N) is 2. The molecule has 6 nitrogen and oxygen atoms in total. The third-order valence-electron chi connectivity index (χ3n) is 3.79. The van der Waals surface area contributed by atoms with Crippen LogP contribution in [0, 0.1) is 0 Å². The van der Waals surface area contributed by atoms with Gasteiger partial charge < -0.3 is 25.0 Å². The van der Waals surface area contributed by atoms with Gasteiger partial charge in [0.2, 0.25) is 0 Å². The van der Waals surface area contributed by atoms with Gasteiger partial charge in [-0.15, -0.1) is 0 Å². The van der Waals surface area contributed by atoms with Crippen molar-refractivity contribution in [3.63, 3.8) is 0 Å². The number of hydrogen-bond acceptors (Lipinski definition) is 5. The van der Waals surface area contributed by atoms with Crippen LogP contribution in [0.2, 0.25) is 0 Å². The van der Waals surface area contributed by atoms with E-state index in [1.165, 1.54) is 0 Å². The fourth-order valence-electron chi connectivity index (χ4n) is 2.64. The van der Waals surface area contributed by atoms with Crippen LogP contribution >= 0.6 is 15.9 Å². The first kappa shape index (κ1) is 15.7. The number of carbonyl (C=O) groups excluding carboxylic acids is 1. The van der Waals surface area contributed by atoms with E-state index in [4.69, 9.17) is 9.47 Å². The maximum Gasteiger partial charge on any atom is 0.254 e. The standard InChI is InChI=1S/C15H20BrN3O3/c16-11-1-2-13(19-4-7-21-8-5-19)12(9-11)18-15(20)14-10-17-3-6-22-14/h1-2,9,14,17H,3-8,10H2,(H,18,20). The molecule has 7 heteroatoms. The minimum atomic E-state index is -0.440. The molecule has 0 saturated carbocycles. The first-order valence-corrected chi connectivity index (χ1v) is 8.29. The fourth-order valence-corrected chi connectivity index (χ4v) is 3.00. The Kier molecular flexibility index (Phi) is 5.30. The van der Waals surface area contributed by atoms with Gasteiger partial charge in [0.25, 0.3) is 5.91 Å². The van der Waals surface area contributed by atoms with E-state index in [0.29, 0.717) is 26.4 Å². The molecule has 0 aliphatic carbocycles. The molecule has 1 atom stereocenters. The molecule has 2 saturated heterocycles. The van der Waals surface area contributed by atoms with Crippen LogP contribution < -0.4 is 15.5 Å². The topological polar surface area (TPSA) is 62.8 Å². The minimum absolute atomic E-state index is 0.111. The summed E-state index contributed by atoms with van der Waals surface area (Å²) in [6, 6.07) is 5.93. The zero-order chi connectivity index (χ0) is 15.4. The Morgan fingerprint density at radius 3 is 2.86 bits per heavy atom. The molecule has 0 spiro atoms. The van der Waals surface area contributed by atoms with E-state index < -0.39 is 6.10 Å². The van der Waals surface area contributed by atoms with Gasteiger partial charge in [0.15, 0.2) is 0 Å². The SMILES string of the molecule is O=C(Nc1cc(Br)ccc1N1CCOCC1)C1CNCCO1. The van der Waals surface area contributed by atoms with Crippen molar-refractivity contribution in [1.29, 1.82) is 0 Å². The van der Waals surface area contributed by atoms with Crippen molar-refractivity contribution in [3.05, 3.63) is 22.7 Å². The van der Waals surface area contributed by atoms with Crippen LogP contribution in [-0.4, -0.2) is 58.0 Å². The molecular weight excluding hydrogens is 350 g/mol. The van der Waals surface area contributed by atoms with Crippen molar-refractivity contribution in [1.82, 2.24) is 5.32 Å². The highest BCUT2D eigenvalue weighted by molar-refractivity contribution is 9.10. The molecule has 22 heavy (non-hydrogen) atoms. The molecule has 2 heterocycles. The normalized spacial score (nSPS) is 22.4. The van der Waals surface area contributed by atoms with Crippen LogP contribution in [0.15, 0.2) is 22.7 Å². The van der Waals surface area contributed by atoms with E-state index in [2.05, 4.69) is 31.5 Å². The summed E-state index contributed by atoms with van der Waals surface area (Å²) in [6.45, 7) is 4.97. The summed E-state index contributed by atoms with van der Waals surface area (Å²) in [5.41, 5.74) is 1.82. The number of hydrogen-bond donors (Lipinski definition) is 2. The molecule has 1 amide bonds. The molecule has 3 rings (SSSR count). The lowest BCUT2D eigenvalue weighted by Gasteiger charge is -2.31. The Morgan fingerprint density at radius 2 is 2.14 bits per heavy atom.